The summed E-state index contributed by atoms with van der Waals surface area (Å²) in [5.41, 5.74) is 1.77. The van der Waals surface area contributed by atoms with Crippen molar-refractivity contribution in [3.63, 3.8) is 0 Å². The summed E-state index contributed by atoms with van der Waals surface area (Å²) < 4.78 is 1.74. The normalized spacial score (nSPS) is 17.7. The number of carbonyl (C=O) groups is 2. The average Bonchev–Trinajstić information content (AvgIpc) is 3.04. The average molecular weight is 345 g/mol. The van der Waals surface area contributed by atoms with Crippen LogP contribution >= 0.6 is 11.8 Å². The van der Waals surface area contributed by atoms with Crippen LogP contribution < -0.4 is 0 Å². The van der Waals surface area contributed by atoms with Crippen molar-refractivity contribution in [1.82, 2.24) is 14.7 Å². The third-order valence-corrected chi connectivity index (χ3v) is 5.06. The minimum absolute atomic E-state index is 0.00200. The first kappa shape index (κ1) is 16.6. The maximum Gasteiger partial charge on any atom is 0.305 e. The van der Waals surface area contributed by atoms with E-state index in [0.29, 0.717) is 12.3 Å². The molecule has 0 aliphatic carbocycles. The molecule has 24 heavy (non-hydrogen) atoms. The van der Waals surface area contributed by atoms with E-state index in [0.717, 1.165) is 17.0 Å². The number of aromatic nitrogens is 2. The van der Waals surface area contributed by atoms with E-state index < -0.39 is 5.97 Å². The van der Waals surface area contributed by atoms with Gasteiger partial charge in [0, 0.05) is 24.2 Å². The second-order valence-corrected chi connectivity index (χ2v) is 6.87. The topological polar surface area (TPSA) is 75.4 Å². The Morgan fingerprint density at radius 1 is 1.29 bits per heavy atom. The monoisotopic (exact) mass is 345 g/mol. The van der Waals surface area contributed by atoms with Gasteiger partial charge in [-0.25, -0.2) is 4.68 Å². The van der Waals surface area contributed by atoms with E-state index in [1.54, 1.807) is 27.5 Å². The van der Waals surface area contributed by atoms with E-state index in [1.807, 2.05) is 36.5 Å². The number of hydrogen-bond donors (Lipinski definition) is 1. The quantitative estimate of drug-likeness (QED) is 0.895. The highest BCUT2D eigenvalue weighted by Crippen LogP contribution is 2.20. The van der Waals surface area contributed by atoms with Crippen LogP contribution in [0.1, 0.15) is 12.0 Å². The third-order valence-electron chi connectivity index (χ3n) is 3.97. The van der Waals surface area contributed by atoms with E-state index in [4.69, 9.17) is 5.11 Å². The number of rotatable bonds is 5. The number of thioether (sulfide) groups is 1. The Morgan fingerprint density at radius 2 is 2.08 bits per heavy atom. The zero-order chi connectivity index (χ0) is 16.9. The molecule has 2 heterocycles. The molecule has 1 fully saturated rings. The number of benzene rings is 1. The predicted molar refractivity (Wildman–Crippen MR) is 92.3 cm³/mol. The molecule has 1 N–H and O–H groups in total. The Labute approximate surface area is 144 Å². The number of hydrogen-bond acceptors (Lipinski definition) is 4. The van der Waals surface area contributed by atoms with Crippen molar-refractivity contribution in [3.8, 4) is 5.69 Å². The zero-order valence-electron chi connectivity index (χ0n) is 13.2. The highest BCUT2D eigenvalue weighted by molar-refractivity contribution is 7.99. The fourth-order valence-corrected chi connectivity index (χ4v) is 3.87. The Morgan fingerprint density at radius 3 is 2.83 bits per heavy atom. The molecule has 7 heteroatoms. The molecule has 2 aromatic rings. The van der Waals surface area contributed by atoms with Gasteiger partial charge in [0.05, 0.1) is 30.8 Å². The molecule has 3 rings (SSSR count). The standard InChI is InChI=1S/C17H19N3O3S/c21-16(19-6-7-24-12-15(19)9-17(22)23)8-13-10-18-20(11-13)14-4-2-1-3-5-14/h1-5,10-11,15H,6-9,12H2,(H,22,23). The summed E-state index contributed by atoms with van der Waals surface area (Å²) in [7, 11) is 0. The molecule has 1 aromatic carbocycles. The first-order valence-electron chi connectivity index (χ1n) is 7.81. The van der Waals surface area contributed by atoms with Crippen molar-refractivity contribution in [2.75, 3.05) is 18.1 Å². The van der Waals surface area contributed by atoms with Gasteiger partial charge in [0.2, 0.25) is 5.91 Å². The third kappa shape index (κ3) is 3.97. The van der Waals surface area contributed by atoms with Crippen LogP contribution in [-0.4, -0.2) is 55.8 Å². The van der Waals surface area contributed by atoms with Gasteiger partial charge in [-0.3, -0.25) is 9.59 Å². The summed E-state index contributed by atoms with van der Waals surface area (Å²) in [6.45, 7) is 0.605. The fourth-order valence-electron chi connectivity index (χ4n) is 2.80. The van der Waals surface area contributed by atoms with Gasteiger partial charge in [-0.05, 0) is 17.7 Å². The van der Waals surface area contributed by atoms with Gasteiger partial charge in [-0.15, -0.1) is 0 Å². The molecule has 1 unspecified atom stereocenters. The second-order valence-electron chi connectivity index (χ2n) is 5.72. The molecule has 126 valence electrons. The van der Waals surface area contributed by atoms with E-state index in [1.165, 1.54) is 0 Å². The summed E-state index contributed by atoms with van der Waals surface area (Å²) in [5, 5.41) is 13.3. The lowest BCUT2D eigenvalue weighted by Crippen LogP contribution is -2.47. The summed E-state index contributed by atoms with van der Waals surface area (Å²) in [4.78, 5) is 25.3. The Kier molecular flexibility index (Phi) is 5.20. The van der Waals surface area contributed by atoms with Crippen LogP contribution in [0.3, 0.4) is 0 Å². The molecule has 1 aromatic heterocycles. The van der Waals surface area contributed by atoms with Crippen LogP contribution in [0.25, 0.3) is 5.69 Å². The van der Waals surface area contributed by atoms with Gasteiger partial charge in [-0.2, -0.15) is 16.9 Å². The number of carboxylic acid groups (broad SMARTS) is 1. The minimum atomic E-state index is -0.864. The lowest BCUT2D eigenvalue weighted by Gasteiger charge is -2.34. The maximum absolute atomic E-state index is 12.6. The predicted octanol–water partition coefficient (Wildman–Crippen LogP) is 1.83. The number of carboxylic acids is 1. The lowest BCUT2D eigenvalue weighted by atomic mass is 10.1. The van der Waals surface area contributed by atoms with Crippen LogP contribution in [0.5, 0.6) is 0 Å². The van der Waals surface area contributed by atoms with Gasteiger partial charge in [0.15, 0.2) is 0 Å². The molecule has 0 saturated carbocycles. The second kappa shape index (κ2) is 7.53. The largest absolute Gasteiger partial charge is 0.481 e. The Hall–Kier alpha value is -2.28. The number of nitrogens with zero attached hydrogens (tertiary/aromatic N) is 3. The van der Waals surface area contributed by atoms with Crippen LogP contribution in [-0.2, 0) is 16.0 Å². The van der Waals surface area contributed by atoms with Crippen molar-refractivity contribution in [3.05, 3.63) is 48.3 Å². The molecule has 0 radical (unpaired) electrons. The van der Waals surface area contributed by atoms with Crippen molar-refractivity contribution in [1.29, 1.82) is 0 Å². The zero-order valence-corrected chi connectivity index (χ0v) is 14.0. The van der Waals surface area contributed by atoms with Gasteiger partial charge < -0.3 is 10.0 Å². The summed E-state index contributed by atoms with van der Waals surface area (Å²) in [6, 6.07) is 9.48. The van der Waals surface area contributed by atoms with Gasteiger partial charge in [0.25, 0.3) is 0 Å². The van der Waals surface area contributed by atoms with Gasteiger partial charge in [0.1, 0.15) is 0 Å². The molecule has 0 spiro atoms. The van der Waals surface area contributed by atoms with Crippen molar-refractivity contribution < 1.29 is 14.7 Å². The molecule has 0 bridgehead atoms. The fraction of sp³-hybridized carbons (Fsp3) is 0.353. The van der Waals surface area contributed by atoms with E-state index in [-0.39, 0.29) is 24.8 Å². The number of para-hydroxylation sites is 1. The molecular weight excluding hydrogens is 326 g/mol. The lowest BCUT2D eigenvalue weighted by molar-refractivity contribution is -0.140. The molecular formula is C17H19N3O3S. The van der Waals surface area contributed by atoms with Crippen LogP contribution in [0.15, 0.2) is 42.7 Å². The maximum atomic E-state index is 12.6. The minimum Gasteiger partial charge on any atom is -0.481 e. The van der Waals surface area contributed by atoms with E-state index in [2.05, 4.69) is 5.10 Å². The first-order valence-corrected chi connectivity index (χ1v) is 8.97. The molecule has 1 aliphatic heterocycles. The van der Waals surface area contributed by atoms with Crippen LogP contribution in [0.2, 0.25) is 0 Å². The number of aliphatic carboxylic acids is 1. The smallest absolute Gasteiger partial charge is 0.305 e. The molecule has 1 atom stereocenters. The Balaban J connectivity index is 1.68. The van der Waals surface area contributed by atoms with E-state index in [9.17, 15) is 9.59 Å². The van der Waals surface area contributed by atoms with Crippen LogP contribution in [0, 0.1) is 0 Å². The SMILES string of the molecule is O=C(O)CC1CSCCN1C(=O)Cc1cnn(-c2ccccc2)c1. The molecule has 1 amide bonds. The summed E-state index contributed by atoms with van der Waals surface area (Å²) in [5.74, 6) is 0.637. The van der Waals surface area contributed by atoms with Crippen LogP contribution in [0.4, 0.5) is 0 Å². The summed E-state index contributed by atoms with van der Waals surface area (Å²) in [6.07, 6.45) is 3.78. The molecule has 1 saturated heterocycles. The Bertz CT molecular complexity index is 717. The highest BCUT2D eigenvalue weighted by Gasteiger charge is 2.28. The highest BCUT2D eigenvalue weighted by atomic mass is 32.2. The van der Waals surface area contributed by atoms with Crippen molar-refractivity contribution in [2.24, 2.45) is 0 Å². The van der Waals surface area contributed by atoms with Gasteiger partial charge in [-0.1, -0.05) is 18.2 Å². The van der Waals surface area contributed by atoms with Crippen molar-refractivity contribution >= 4 is 23.6 Å². The molecule has 1 aliphatic rings. The molecule has 6 nitrogen and oxygen atoms in total. The van der Waals surface area contributed by atoms with E-state index >= 15 is 0 Å². The number of carbonyl (C=O) groups excluding carboxylic acids is 1. The van der Waals surface area contributed by atoms with Gasteiger partial charge >= 0.3 is 5.97 Å². The summed E-state index contributed by atoms with van der Waals surface area (Å²) >= 11 is 1.70. The number of amides is 1. The van der Waals surface area contributed by atoms with Crippen molar-refractivity contribution in [2.45, 2.75) is 18.9 Å². The first-order chi connectivity index (χ1) is 11.6.